The second-order valence-corrected chi connectivity index (χ2v) is 8.36. The van der Waals surface area contributed by atoms with E-state index in [0.717, 1.165) is 23.6 Å². The molecule has 0 aromatic heterocycles. The summed E-state index contributed by atoms with van der Waals surface area (Å²) in [5, 5.41) is 1.91. The third-order valence-corrected chi connectivity index (χ3v) is 7.36. The molecule has 1 heterocycles. The van der Waals surface area contributed by atoms with E-state index in [-0.39, 0.29) is 0 Å². The van der Waals surface area contributed by atoms with Gasteiger partial charge < -0.3 is 0 Å². The Morgan fingerprint density at radius 3 is 2.00 bits per heavy atom. The van der Waals surface area contributed by atoms with Gasteiger partial charge in [-0.15, -0.1) is 0 Å². The minimum absolute atomic E-state index is 0.483. The zero-order chi connectivity index (χ0) is 14.7. The maximum absolute atomic E-state index is 13.9. The number of benzene rings is 2. The van der Waals surface area contributed by atoms with E-state index in [0.29, 0.717) is 6.04 Å². The molecule has 1 unspecified atom stereocenters. The summed E-state index contributed by atoms with van der Waals surface area (Å²) >= 11 is 0. The molecular weight excluding hydrogens is 277 g/mol. The first kappa shape index (κ1) is 14.6. The summed E-state index contributed by atoms with van der Waals surface area (Å²) in [5.74, 6) is 0. The van der Waals surface area contributed by atoms with Crippen molar-refractivity contribution in [2.24, 2.45) is 0 Å². The molecule has 2 atom stereocenters. The number of unbranched alkanes of at least 4 members (excludes halogenated alkanes) is 1. The average Bonchev–Trinajstić information content (AvgIpc) is 3.34. The van der Waals surface area contributed by atoms with E-state index in [1.54, 1.807) is 0 Å². The Kier molecular flexibility index (Phi) is 4.28. The molecule has 2 aromatic carbocycles. The topological polar surface area (TPSA) is 20.1 Å². The zero-order valence-electron chi connectivity index (χ0n) is 12.5. The van der Waals surface area contributed by atoms with Gasteiger partial charge in [0.05, 0.1) is 0 Å². The van der Waals surface area contributed by atoms with Gasteiger partial charge in [0, 0.05) is 23.2 Å². The van der Waals surface area contributed by atoms with E-state index in [1.807, 2.05) is 60.7 Å². The lowest BCUT2D eigenvalue weighted by atomic mass is 10.2. The van der Waals surface area contributed by atoms with Crippen molar-refractivity contribution >= 4 is 17.9 Å². The van der Waals surface area contributed by atoms with E-state index < -0.39 is 7.29 Å². The highest BCUT2D eigenvalue weighted by atomic mass is 31.2. The molecule has 0 saturated carbocycles. The number of nitrogens with zero attached hydrogens (tertiary/aromatic N) is 1. The van der Waals surface area contributed by atoms with Crippen LogP contribution in [-0.2, 0) is 4.57 Å². The molecule has 110 valence electrons. The van der Waals surface area contributed by atoms with Crippen LogP contribution in [0.1, 0.15) is 26.2 Å². The first-order chi connectivity index (χ1) is 10.3. The van der Waals surface area contributed by atoms with Gasteiger partial charge in [-0.3, -0.25) is 4.57 Å². The van der Waals surface area contributed by atoms with Crippen LogP contribution in [0.5, 0.6) is 0 Å². The standard InChI is InChI=1S/C18H22NOP/c1-2-3-10-16-15-19(16)21(20,17-11-6-4-7-12-17)18-13-8-5-9-14-18/h4-9,11-14,16H,2-3,10,15H2,1H3/t16-,19?/m1/s1. The van der Waals surface area contributed by atoms with E-state index >= 15 is 0 Å². The normalized spacial score (nSPS) is 21.2. The molecule has 2 aromatic rings. The van der Waals surface area contributed by atoms with Gasteiger partial charge >= 0.3 is 0 Å². The average molecular weight is 299 g/mol. The van der Waals surface area contributed by atoms with Crippen molar-refractivity contribution in [2.45, 2.75) is 32.2 Å². The van der Waals surface area contributed by atoms with Crippen molar-refractivity contribution < 1.29 is 4.57 Å². The third-order valence-electron chi connectivity index (χ3n) is 4.15. The van der Waals surface area contributed by atoms with Gasteiger partial charge in [-0.1, -0.05) is 56.2 Å². The minimum atomic E-state index is -2.65. The van der Waals surface area contributed by atoms with Gasteiger partial charge in [-0.25, -0.2) is 4.67 Å². The molecule has 1 fully saturated rings. The molecule has 2 nitrogen and oxygen atoms in total. The smallest absolute Gasteiger partial charge is 0.207 e. The Labute approximate surface area is 127 Å². The lowest BCUT2D eigenvalue weighted by molar-refractivity contribution is 0.550. The van der Waals surface area contributed by atoms with Crippen molar-refractivity contribution in [3.8, 4) is 0 Å². The molecule has 1 saturated heterocycles. The second kappa shape index (κ2) is 6.17. The van der Waals surface area contributed by atoms with Crippen LogP contribution in [-0.4, -0.2) is 17.3 Å². The molecule has 0 N–H and O–H groups in total. The second-order valence-electron chi connectivity index (χ2n) is 5.67. The Morgan fingerprint density at radius 2 is 1.52 bits per heavy atom. The fraction of sp³-hybridized carbons (Fsp3) is 0.333. The largest absolute Gasteiger partial charge is 0.296 e. The Balaban J connectivity index is 1.96. The number of hydrogen-bond donors (Lipinski definition) is 0. The first-order valence-corrected chi connectivity index (χ1v) is 9.41. The molecule has 0 aliphatic carbocycles. The van der Waals surface area contributed by atoms with Gasteiger partial charge in [0.1, 0.15) is 0 Å². The third kappa shape index (κ3) is 2.84. The molecule has 3 heteroatoms. The summed E-state index contributed by atoms with van der Waals surface area (Å²) < 4.78 is 16.1. The predicted molar refractivity (Wildman–Crippen MR) is 89.8 cm³/mol. The molecule has 21 heavy (non-hydrogen) atoms. The van der Waals surface area contributed by atoms with Crippen molar-refractivity contribution in [3.05, 3.63) is 60.7 Å². The van der Waals surface area contributed by atoms with Crippen molar-refractivity contribution in [1.29, 1.82) is 0 Å². The van der Waals surface area contributed by atoms with Crippen LogP contribution in [0.2, 0.25) is 0 Å². The monoisotopic (exact) mass is 299 g/mol. The van der Waals surface area contributed by atoms with Crippen LogP contribution in [0.3, 0.4) is 0 Å². The van der Waals surface area contributed by atoms with Crippen LogP contribution in [0.4, 0.5) is 0 Å². The van der Waals surface area contributed by atoms with Crippen molar-refractivity contribution in [3.63, 3.8) is 0 Å². The minimum Gasteiger partial charge on any atom is -0.296 e. The fourth-order valence-corrected chi connectivity index (χ4v) is 5.94. The summed E-state index contributed by atoms with van der Waals surface area (Å²) in [5.41, 5.74) is 0. The predicted octanol–water partition coefficient (Wildman–Crippen LogP) is 3.79. The van der Waals surface area contributed by atoms with Crippen LogP contribution in [0, 0.1) is 0 Å². The van der Waals surface area contributed by atoms with Gasteiger partial charge in [-0.2, -0.15) is 0 Å². The van der Waals surface area contributed by atoms with E-state index in [1.165, 1.54) is 12.8 Å². The van der Waals surface area contributed by atoms with Crippen LogP contribution >= 0.6 is 7.29 Å². The maximum atomic E-state index is 13.9. The Hall–Kier alpha value is -1.37. The molecule has 1 aliphatic heterocycles. The van der Waals surface area contributed by atoms with Crippen LogP contribution < -0.4 is 10.6 Å². The quantitative estimate of drug-likeness (QED) is 0.597. The van der Waals surface area contributed by atoms with E-state index in [9.17, 15) is 4.57 Å². The Bertz CT molecular complexity index is 583. The highest BCUT2D eigenvalue weighted by molar-refractivity contribution is 7.76. The summed E-state index contributed by atoms with van der Waals surface area (Å²) in [6, 6.07) is 20.4. The van der Waals surface area contributed by atoms with Gasteiger partial charge in [0.15, 0.2) is 0 Å². The van der Waals surface area contributed by atoms with E-state index in [4.69, 9.17) is 0 Å². The molecule has 1 aliphatic rings. The first-order valence-electron chi connectivity index (χ1n) is 7.75. The van der Waals surface area contributed by atoms with Crippen LogP contribution in [0.25, 0.3) is 0 Å². The molecule has 0 bridgehead atoms. The van der Waals surface area contributed by atoms with Gasteiger partial charge in [0.2, 0.25) is 7.29 Å². The number of rotatable bonds is 6. The highest BCUT2D eigenvalue weighted by Gasteiger charge is 2.48. The molecule has 3 rings (SSSR count). The van der Waals surface area contributed by atoms with Crippen molar-refractivity contribution in [1.82, 2.24) is 4.67 Å². The fourth-order valence-electron chi connectivity index (χ4n) is 2.90. The highest BCUT2D eigenvalue weighted by Crippen LogP contribution is 2.55. The summed E-state index contributed by atoms with van der Waals surface area (Å²) in [6.07, 6.45) is 3.57. The molecule has 0 radical (unpaired) electrons. The summed E-state index contributed by atoms with van der Waals surface area (Å²) in [4.78, 5) is 0. The summed E-state index contributed by atoms with van der Waals surface area (Å²) in [6.45, 7) is 3.17. The van der Waals surface area contributed by atoms with Gasteiger partial charge in [0.25, 0.3) is 0 Å². The van der Waals surface area contributed by atoms with Crippen LogP contribution in [0.15, 0.2) is 60.7 Å². The lowest BCUT2D eigenvalue weighted by Gasteiger charge is -2.21. The summed E-state index contributed by atoms with van der Waals surface area (Å²) in [7, 11) is -2.65. The Morgan fingerprint density at radius 1 is 1.00 bits per heavy atom. The maximum Gasteiger partial charge on any atom is 0.207 e. The molecular formula is C18H22NOP. The van der Waals surface area contributed by atoms with E-state index in [2.05, 4.69) is 11.6 Å². The molecule has 0 amide bonds. The van der Waals surface area contributed by atoms with Gasteiger partial charge in [-0.05, 0) is 30.7 Å². The van der Waals surface area contributed by atoms with Crippen molar-refractivity contribution in [2.75, 3.05) is 6.54 Å². The molecule has 0 spiro atoms. The number of hydrogen-bond acceptors (Lipinski definition) is 1. The lowest BCUT2D eigenvalue weighted by Crippen LogP contribution is -2.22. The zero-order valence-corrected chi connectivity index (χ0v) is 13.4. The SMILES string of the molecule is CCCC[C@@H]1CN1P(=O)(c1ccccc1)c1ccccc1.